The SMILES string of the molecule is [CH3][Zr]=[O].[La].[LiH]. The van der Waals surface area contributed by atoms with Crippen LogP contribution in [0.4, 0.5) is 0 Å². The van der Waals surface area contributed by atoms with Crippen LogP contribution < -0.4 is 0 Å². The molecule has 0 heterocycles. The summed E-state index contributed by atoms with van der Waals surface area (Å²) in [7, 11) is 0. The first-order valence-electron chi connectivity index (χ1n) is 0.704. The Morgan fingerprint density at radius 1 is 1.60 bits per heavy atom. The molecule has 1 nitrogen and oxygen atoms in total. The molecule has 0 aliphatic heterocycles. The number of rotatable bonds is 0. The van der Waals surface area contributed by atoms with Gasteiger partial charge in [-0.25, -0.2) is 0 Å². The second-order valence-corrected chi connectivity index (χ2v) is 1.21. The number of hydrogen-bond acceptors (Lipinski definition) is 1. The Morgan fingerprint density at radius 2 is 1.60 bits per heavy atom. The van der Waals surface area contributed by atoms with Crippen molar-refractivity contribution in [3.05, 3.63) is 0 Å². The predicted molar refractivity (Wildman–Crippen MR) is 13.7 cm³/mol. The van der Waals surface area contributed by atoms with Gasteiger partial charge in [-0.05, 0) is 0 Å². The van der Waals surface area contributed by atoms with E-state index < -0.39 is 23.2 Å². The Labute approximate surface area is 83.4 Å². The molecular weight excluding hydrogens is 265 g/mol. The van der Waals surface area contributed by atoms with Gasteiger partial charge in [-0.1, -0.05) is 0 Å². The van der Waals surface area contributed by atoms with Gasteiger partial charge in [0.2, 0.25) is 0 Å². The molecular formula is CH4LaLiOZr. The van der Waals surface area contributed by atoms with Gasteiger partial charge >= 0.3 is 49.5 Å². The summed E-state index contributed by atoms with van der Waals surface area (Å²) >= 11 is -1.02. The van der Waals surface area contributed by atoms with Gasteiger partial charge in [-0.15, -0.1) is 0 Å². The van der Waals surface area contributed by atoms with Gasteiger partial charge in [0.15, 0.2) is 0 Å². The quantitative estimate of drug-likeness (QED) is 0.557. The van der Waals surface area contributed by atoms with Gasteiger partial charge in [-0.3, -0.25) is 0 Å². The van der Waals surface area contributed by atoms with Crippen molar-refractivity contribution in [2.24, 2.45) is 0 Å². The molecule has 0 aromatic carbocycles. The zero-order chi connectivity index (χ0) is 2.71. The molecule has 0 amide bonds. The van der Waals surface area contributed by atoms with Gasteiger partial charge in [0.1, 0.15) is 0 Å². The molecule has 0 atom stereocenters. The van der Waals surface area contributed by atoms with E-state index in [2.05, 4.69) is 0 Å². The van der Waals surface area contributed by atoms with E-state index in [1.165, 1.54) is 0 Å². The predicted octanol–water partition coefficient (Wildman–Crippen LogP) is -0.186. The Bertz CT molecular complexity index is 19.1. The molecule has 22 valence electrons. The van der Waals surface area contributed by atoms with Crippen LogP contribution in [0.5, 0.6) is 0 Å². The molecule has 0 fully saturated rings. The van der Waals surface area contributed by atoms with E-state index in [0.717, 1.165) is 0 Å². The summed E-state index contributed by atoms with van der Waals surface area (Å²) in [5.41, 5.74) is 0. The molecule has 5 heavy (non-hydrogen) atoms. The average Bonchev–Trinajstić information content (AvgIpc) is 0.918. The minimum atomic E-state index is -1.02. The van der Waals surface area contributed by atoms with Crippen LogP contribution >= 0.6 is 0 Å². The van der Waals surface area contributed by atoms with E-state index in [1.807, 2.05) is 0 Å². The first-order chi connectivity index (χ1) is 1.41. The zero-order valence-corrected chi connectivity index (χ0v) is 8.57. The maximum atomic E-state index is 9.10. The molecule has 0 aromatic rings. The van der Waals surface area contributed by atoms with Crippen molar-refractivity contribution in [3.63, 3.8) is 0 Å². The summed E-state index contributed by atoms with van der Waals surface area (Å²) in [6.45, 7) is 0. The second kappa shape index (κ2) is 16.1. The van der Waals surface area contributed by atoms with Crippen molar-refractivity contribution in [1.82, 2.24) is 0 Å². The van der Waals surface area contributed by atoms with E-state index in [0.29, 0.717) is 0 Å². The third-order valence-corrected chi connectivity index (χ3v) is 0. The molecule has 0 unspecified atom stereocenters. The Balaban J connectivity index is -0.0000000200. The summed E-state index contributed by atoms with van der Waals surface area (Å²) in [5, 5.41) is 0. The normalized spacial score (nSPS) is 1.80. The molecule has 0 saturated heterocycles. The summed E-state index contributed by atoms with van der Waals surface area (Å²) in [4.78, 5) is 0. The standard InChI is InChI=1S/CH3.La.Li.O.Zr.H/h1H3;;;;;. The molecule has 0 rings (SSSR count). The van der Waals surface area contributed by atoms with Crippen molar-refractivity contribution in [2.45, 2.75) is 4.63 Å². The molecule has 0 N–H and O–H groups in total. The summed E-state index contributed by atoms with van der Waals surface area (Å²) in [5.74, 6) is 0. The van der Waals surface area contributed by atoms with Gasteiger partial charge in [-0.2, -0.15) is 0 Å². The van der Waals surface area contributed by atoms with Crippen LogP contribution in [0.15, 0.2) is 0 Å². The van der Waals surface area contributed by atoms with Crippen LogP contribution in [0.3, 0.4) is 0 Å². The van der Waals surface area contributed by atoms with Gasteiger partial charge in [0.25, 0.3) is 0 Å². The topological polar surface area (TPSA) is 17.1 Å². The van der Waals surface area contributed by atoms with E-state index in [9.17, 15) is 0 Å². The molecule has 0 aliphatic rings. The van der Waals surface area contributed by atoms with Crippen molar-refractivity contribution in [1.29, 1.82) is 0 Å². The van der Waals surface area contributed by atoms with E-state index in [1.54, 1.807) is 4.63 Å². The van der Waals surface area contributed by atoms with E-state index >= 15 is 0 Å². The summed E-state index contributed by atoms with van der Waals surface area (Å²) in [6.07, 6.45) is 0. The number of hydrogen-bond donors (Lipinski definition) is 0. The fraction of sp³-hybridized carbons (Fsp3) is 1.00. The first-order valence-corrected chi connectivity index (χ1v) is 4.17. The molecule has 0 saturated carbocycles. The molecule has 0 aliphatic carbocycles. The van der Waals surface area contributed by atoms with Crippen LogP contribution in [0.2, 0.25) is 4.63 Å². The van der Waals surface area contributed by atoms with Crippen molar-refractivity contribution in [3.8, 4) is 0 Å². The van der Waals surface area contributed by atoms with Gasteiger partial charge in [0, 0.05) is 35.6 Å². The average molecular weight is 269 g/mol. The Hall–Kier alpha value is 2.48. The maximum absolute atomic E-state index is 9.10. The Kier molecular flexibility index (Phi) is 50.3. The van der Waals surface area contributed by atoms with Crippen LogP contribution in [-0.2, 0) is 26.1 Å². The molecule has 1 radical (unpaired) electrons. The monoisotopic (exact) mass is 268 g/mol. The Morgan fingerprint density at radius 3 is 1.60 bits per heavy atom. The minimum absolute atomic E-state index is 0. The van der Waals surface area contributed by atoms with E-state index in [4.69, 9.17) is 2.81 Å². The van der Waals surface area contributed by atoms with Crippen LogP contribution in [0.1, 0.15) is 0 Å². The van der Waals surface area contributed by atoms with Crippen molar-refractivity contribution in [2.75, 3.05) is 0 Å². The third-order valence-electron chi connectivity index (χ3n) is 0. The molecule has 4 heteroatoms. The van der Waals surface area contributed by atoms with Gasteiger partial charge < -0.3 is 0 Å². The van der Waals surface area contributed by atoms with Crippen molar-refractivity contribution < 1.29 is 61.7 Å². The zero-order valence-electron chi connectivity index (χ0n) is 2.49. The summed E-state index contributed by atoms with van der Waals surface area (Å²) < 4.78 is 10.8. The van der Waals surface area contributed by atoms with Crippen LogP contribution in [0, 0.1) is 35.6 Å². The molecule has 0 aromatic heterocycles. The van der Waals surface area contributed by atoms with Gasteiger partial charge in [0.05, 0.1) is 0 Å². The van der Waals surface area contributed by atoms with E-state index in [-0.39, 0.29) is 54.5 Å². The fourth-order valence-electron chi connectivity index (χ4n) is 0. The fourth-order valence-corrected chi connectivity index (χ4v) is 0. The van der Waals surface area contributed by atoms with Crippen LogP contribution in [0.25, 0.3) is 0 Å². The second-order valence-electron chi connectivity index (χ2n) is 0.204. The first kappa shape index (κ1) is 15.6. The van der Waals surface area contributed by atoms with Crippen LogP contribution in [-0.4, -0.2) is 18.9 Å². The molecule has 0 bridgehead atoms. The third kappa shape index (κ3) is 21.2. The summed E-state index contributed by atoms with van der Waals surface area (Å²) in [6, 6.07) is 0. The van der Waals surface area contributed by atoms with Crippen molar-refractivity contribution >= 4 is 18.9 Å². The molecule has 0 spiro atoms.